The number of methoxy groups -OCH3 is 1. The molecular formula is C26H36O3. The van der Waals surface area contributed by atoms with Crippen LogP contribution in [0, 0.1) is 11.8 Å². The topological polar surface area (TPSA) is 46.5 Å². The predicted octanol–water partition coefficient (Wildman–Crippen LogP) is 5.77. The monoisotopic (exact) mass is 396 g/mol. The van der Waals surface area contributed by atoms with Gasteiger partial charge in [-0.15, -0.1) is 0 Å². The van der Waals surface area contributed by atoms with E-state index in [1.165, 1.54) is 35.6 Å². The Balaban J connectivity index is 1.98. The number of rotatable bonds is 6. The Bertz CT molecular complexity index is 859. The first-order valence-electron chi connectivity index (χ1n) is 10.7. The van der Waals surface area contributed by atoms with Crippen molar-refractivity contribution in [2.45, 2.75) is 70.6 Å². The van der Waals surface area contributed by atoms with E-state index in [1.807, 2.05) is 13.0 Å². The molecule has 1 N–H and O–H groups in total. The number of hydrogen-bond donors (Lipinski definition) is 1. The van der Waals surface area contributed by atoms with Crippen molar-refractivity contribution >= 4 is 5.97 Å². The largest absolute Gasteiger partial charge is 0.478 e. The zero-order valence-corrected chi connectivity index (χ0v) is 19.0. The van der Waals surface area contributed by atoms with Crippen LogP contribution in [0.5, 0.6) is 0 Å². The second-order valence-corrected chi connectivity index (χ2v) is 10.5. The smallest absolute Gasteiger partial charge is 0.328 e. The molecule has 3 heteroatoms. The van der Waals surface area contributed by atoms with Crippen molar-refractivity contribution in [3.63, 3.8) is 0 Å². The minimum absolute atomic E-state index is 0.0166. The maximum atomic E-state index is 10.9. The van der Waals surface area contributed by atoms with Crippen LogP contribution in [0.25, 0.3) is 0 Å². The molecule has 0 unspecified atom stereocenters. The Morgan fingerprint density at radius 2 is 1.76 bits per heavy atom. The molecule has 29 heavy (non-hydrogen) atoms. The second kappa shape index (κ2) is 7.43. The fourth-order valence-corrected chi connectivity index (χ4v) is 5.26. The normalized spacial score (nSPS) is 30.2. The summed E-state index contributed by atoms with van der Waals surface area (Å²) in [6, 6.07) is 7.13. The van der Waals surface area contributed by atoms with Crippen molar-refractivity contribution in [2.75, 3.05) is 13.7 Å². The van der Waals surface area contributed by atoms with Gasteiger partial charge in [-0.1, -0.05) is 65.0 Å². The quantitative estimate of drug-likeness (QED) is 0.490. The highest BCUT2D eigenvalue weighted by Gasteiger charge is 2.60. The molecule has 0 amide bonds. The summed E-state index contributed by atoms with van der Waals surface area (Å²) in [7, 11) is 1.76. The van der Waals surface area contributed by atoms with Crippen LogP contribution < -0.4 is 0 Å². The summed E-state index contributed by atoms with van der Waals surface area (Å²) in [4.78, 5) is 10.9. The van der Waals surface area contributed by atoms with Crippen LogP contribution in [0.15, 0.2) is 42.0 Å². The lowest BCUT2D eigenvalue weighted by Gasteiger charge is -2.42. The fraction of sp³-hybridized carbons (Fsp3) is 0.577. The van der Waals surface area contributed by atoms with Crippen LogP contribution in [-0.2, 0) is 25.8 Å². The highest BCUT2D eigenvalue weighted by atomic mass is 16.5. The van der Waals surface area contributed by atoms with Crippen LogP contribution in [0.1, 0.15) is 71.1 Å². The van der Waals surface area contributed by atoms with Crippen molar-refractivity contribution in [3.8, 4) is 0 Å². The Morgan fingerprint density at radius 1 is 1.14 bits per heavy atom. The molecule has 2 aliphatic carbocycles. The molecule has 1 aromatic carbocycles. The number of aliphatic carboxylic acids is 1. The van der Waals surface area contributed by atoms with Gasteiger partial charge in [0, 0.05) is 18.6 Å². The number of benzene rings is 1. The summed E-state index contributed by atoms with van der Waals surface area (Å²) in [5.74, 6) is -0.157. The molecule has 0 spiro atoms. The van der Waals surface area contributed by atoms with Gasteiger partial charge in [0.1, 0.15) is 0 Å². The van der Waals surface area contributed by atoms with Crippen LogP contribution in [-0.4, -0.2) is 24.8 Å². The van der Waals surface area contributed by atoms with E-state index in [4.69, 9.17) is 9.84 Å². The Hall–Kier alpha value is -1.87. The molecule has 0 aromatic heterocycles. The number of carboxylic acids is 1. The molecule has 1 aromatic rings. The van der Waals surface area contributed by atoms with Gasteiger partial charge in [-0.05, 0) is 64.7 Å². The van der Waals surface area contributed by atoms with E-state index < -0.39 is 5.97 Å². The third-order valence-electron chi connectivity index (χ3n) is 7.53. The van der Waals surface area contributed by atoms with Crippen molar-refractivity contribution in [1.82, 2.24) is 0 Å². The average molecular weight is 397 g/mol. The Labute approximate surface area is 175 Å². The van der Waals surface area contributed by atoms with Crippen LogP contribution in [0.2, 0.25) is 0 Å². The van der Waals surface area contributed by atoms with E-state index in [0.717, 1.165) is 5.57 Å². The van der Waals surface area contributed by atoms with E-state index in [9.17, 15) is 4.79 Å². The van der Waals surface area contributed by atoms with Gasteiger partial charge in [0.2, 0.25) is 0 Å². The highest BCUT2D eigenvalue weighted by Crippen LogP contribution is 2.61. The minimum atomic E-state index is -0.904. The number of carbonyl (C=O) groups is 1. The summed E-state index contributed by atoms with van der Waals surface area (Å²) >= 11 is 0. The standard InChI is InChI=1S/C26H36O3/c1-17(14-23(27)28)8-10-20-22(16-29-7)26(20,6)18-9-11-19-21(15-18)25(4,5)13-12-24(19,2)3/h8-11,14-15,20,22H,12-13,16H2,1-7H3,(H,27,28)/t20-,22+,26+/m0/s1. The van der Waals surface area contributed by atoms with Gasteiger partial charge in [-0.2, -0.15) is 0 Å². The number of hydrogen-bond acceptors (Lipinski definition) is 2. The van der Waals surface area contributed by atoms with Crippen LogP contribution in [0.4, 0.5) is 0 Å². The van der Waals surface area contributed by atoms with Crippen LogP contribution in [0.3, 0.4) is 0 Å². The van der Waals surface area contributed by atoms with E-state index in [-0.39, 0.29) is 16.2 Å². The zero-order valence-electron chi connectivity index (χ0n) is 19.0. The molecule has 3 atom stereocenters. The van der Waals surface area contributed by atoms with Crippen LogP contribution >= 0.6 is 0 Å². The van der Waals surface area contributed by atoms with Gasteiger partial charge in [-0.3, -0.25) is 0 Å². The summed E-state index contributed by atoms with van der Waals surface area (Å²) in [5, 5.41) is 8.96. The third kappa shape index (κ3) is 3.94. The molecule has 3 nitrogen and oxygen atoms in total. The molecular weight excluding hydrogens is 360 g/mol. The number of fused-ring (bicyclic) bond motifs is 1. The minimum Gasteiger partial charge on any atom is -0.478 e. The van der Waals surface area contributed by atoms with Crippen molar-refractivity contribution in [3.05, 3.63) is 58.7 Å². The zero-order chi connectivity index (χ0) is 21.6. The number of allylic oxidation sites excluding steroid dienone is 3. The molecule has 0 heterocycles. The lowest BCUT2D eigenvalue weighted by Crippen LogP contribution is -2.34. The fourth-order valence-electron chi connectivity index (χ4n) is 5.26. The van der Waals surface area contributed by atoms with Crippen molar-refractivity contribution < 1.29 is 14.6 Å². The highest BCUT2D eigenvalue weighted by molar-refractivity contribution is 5.81. The SMILES string of the molecule is COC[C@@H]1[C@H](C=CC(C)=CC(=O)O)[C@@]1(C)c1ccc2c(c1)C(C)(C)CCC2(C)C. The number of carboxylic acid groups (broad SMARTS) is 1. The molecule has 0 saturated heterocycles. The lowest BCUT2D eigenvalue weighted by atomic mass is 9.62. The molecule has 0 bridgehead atoms. The first-order chi connectivity index (χ1) is 13.4. The molecule has 3 rings (SSSR count). The van der Waals surface area contributed by atoms with Gasteiger partial charge in [0.15, 0.2) is 0 Å². The molecule has 1 fully saturated rings. The summed E-state index contributed by atoms with van der Waals surface area (Å²) < 4.78 is 5.53. The maximum Gasteiger partial charge on any atom is 0.328 e. The van der Waals surface area contributed by atoms with E-state index in [1.54, 1.807) is 7.11 Å². The first-order valence-corrected chi connectivity index (χ1v) is 10.7. The molecule has 158 valence electrons. The predicted molar refractivity (Wildman–Crippen MR) is 118 cm³/mol. The first kappa shape index (κ1) is 21.8. The van der Waals surface area contributed by atoms with Gasteiger partial charge in [0.25, 0.3) is 0 Å². The molecule has 1 saturated carbocycles. The van der Waals surface area contributed by atoms with E-state index in [2.05, 4.69) is 58.9 Å². The average Bonchev–Trinajstić information content (AvgIpc) is 3.21. The summed E-state index contributed by atoms with van der Waals surface area (Å²) in [6.07, 6.45) is 7.80. The number of ether oxygens (including phenoxy) is 1. The second-order valence-electron chi connectivity index (χ2n) is 10.5. The van der Waals surface area contributed by atoms with Gasteiger partial charge in [-0.25, -0.2) is 4.79 Å². The molecule has 2 aliphatic rings. The Morgan fingerprint density at radius 3 is 2.34 bits per heavy atom. The van der Waals surface area contributed by atoms with Gasteiger partial charge in [0.05, 0.1) is 6.61 Å². The molecule has 0 aliphatic heterocycles. The third-order valence-corrected chi connectivity index (χ3v) is 7.53. The molecule has 0 radical (unpaired) electrons. The van der Waals surface area contributed by atoms with Gasteiger partial charge >= 0.3 is 5.97 Å². The maximum absolute atomic E-state index is 10.9. The van der Waals surface area contributed by atoms with Crippen molar-refractivity contribution in [1.29, 1.82) is 0 Å². The lowest BCUT2D eigenvalue weighted by molar-refractivity contribution is -0.131. The van der Waals surface area contributed by atoms with E-state index >= 15 is 0 Å². The van der Waals surface area contributed by atoms with Gasteiger partial charge < -0.3 is 9.84 Å². The summed E-state index contributed by atoms with van der Waals surface area (Å²) in [5.41, 5.74) is 5.53. The van der Waals surface area contributed by atoms with Crippen molar-refractivity contribution in [2.24, 2.45) is 11.8 Å². The van der Waals surface area contributed by atoms with E-state index in [0.29, 0.717) is 18.4 Å². The summed E-state index contributed by atoms with van der Waals surface area (Å²) in [6.45, 7) is 14.3. The Kier molecular flexibility index (Phi) is 5.59.